The third-order valence-corrected chi connectivity index (χ3v) is 4.35. The van der Waals surface area contributed by atoms with Gasteiger partial charge in [-0.15, -0.1) is 0 Å². The number of carboxylic acid groups (broad SMARTS) is 1. The molecule has 0 saturated heterocycles. The van der Waals surface area contributed by atoms with Crippen LogP contribution in [-0.4, -0.2) is 23.0 Å². The number of carbonyl (C=O) groups is 2. The number of nitrogens with one attached hydrogen (secondary N) is 1. The Morgan fingerprint density at radius 2 is 2.06 bits per heavy atom. The fourth-order valence-electron chi connectivity index (χ4n) is 2.75. The van der Waals surface area contributed by atoms with Crippen LogP contribution >= 0.6 is 0 Å². The van der Waals surface area contributed by atoms with Crippen molar-refractivity contribution < 1.29 is 14.7 Å². The lowest BCUT2D eigenvalue weighted by Gasteiger charge is -2.28. The first kappa shape index (κ1) is 15.0. The van der Waals surface area contributed by atoms with E-state index >= 15 is 0 Å². The molecule has 1 fully saturated rings. The molecule has 0 aromatic rings. The summed E-state index contributed by atoms with van der Waals surface area (Å²) in [4.78, 5) is 23.4. The van der Waals surface area contributed by atoms with Gasteiger partial charge < -0.3 is 10.4 Å². The van der Waals surface area contributed by atoms with Gasteiger partial charge in [-0.2, -0.15) is 0 Å². The van der Waals surface area contributed by atoms with E-state index in [4.69, 9.17) is 0 Å². The van der Waals surface area contributed by atoms with E-state index in [2.05, 4.69) is 19.2 Å². The molecule has 4 heteroatoms. The minimum Gasteiger partial charge on any atom is -0.480 e. The third-order valence-electron chi connectivity index (χ3n) is 4.35. The van der Waals surface area contributed by atoms with Gasteiger partial charge in [0.1, 0.15) is 6.04 Å². The first-order valence-electron chi connectivity index (χ1n) is 6.82. The Morgan fingerprint density at radius 1 is 1.44 bits per heavy atom. The molecule has 1 amide bonds. The van der Waals surface area contributed by atoms with Crippen molar-refractivity contribution in [2.24, 2.45) is 17.3 Å². The van der Waals surface area contributed by atoms with Gasteiger partial charge in [0.15, 0.2) is 0 Å². The van der Waals surface area contributed by atoms with Crippen LogP contribution in [0.5, 0.6) is 0 Å². The molecule has 4 nitrogen and oxygen atoms in total. The van der Waals surface area contributed by atoms with Crippen molar-refractivity contribution in [3.05, 3.63) is 0 Å². The lowest BCUT2D eigenvalue weighted by atomic mass is 9.81. The summed E-state index contributed by atoms with van der Waals surface area (Å²) >= 11 is 0. The maximum atomic E-state index is 12.2. The van der Waals surface area contributed by atoms with Crippen LogP contribution in [0.4, 0.5) is 0 Å². The summed E-state index contributed by atoms with van der Waals surface area (Å²) in [7, 11) is 0. The van der Waals surface area contributed by atoms with Crippen molar-refractivity contribution in [2.45, 2.75) is 59.4 Å². The molecular weight excluding hydrogens is 230 g/mol. The number of amides is 1. The molecule has 2 unspecified atom stereocenters. The highest BCUT2D eigenvalue weighted by molar-refractivity contribution is 5.85. The monoisotopic (exact) mass is 255 g/mol. The zero-order valence-electron chi connectivity index (χ0n) is 11.8. The standard InChI is InChI=1S/C14H25NO3/c1-5-9(2)11(13(17)18)15-12(16)10-7-6-8-14(10,3)4/h9-11H,5-8H2,1-4H3,(H,15,16)(H,17,18)/t9?,10?,11-/m0/s1. The number of rotatable bonds is 5. The van der Waals surface area contributed by atoms with E-state index in [1.807, 2.05) is 13.8 Å². The molecule has 1 saturated carbocycles. The van der Waals surface area contributed by atoms with Gasteiger partial charge in [-0.3, -0.25) is 4.79 Å². The Bertz CT molecular complexity index is 325. The highest BCUT2D eigenvalue weighted by Crippen LogP contribution is 2.42. The van der Waals surface area contributed by atoms with Crippen LogP contribution in [0.15, 0.2) is 0 Å². The smallest absolute Gasteiger partial charge is 0.326 e. The Hall–Kier alpha value is -1.06. The summed E-state index contributed by atoms with van der Waals surface area (Å²) in [5.74, 6) is -1.13. The molecule has 1 aliphatic rings. The molecule has 0 radical (unpaired) electrons. The normalized spacial score (nSPS) is 25.4. The van der Waals surface area contributed by atoms with Crippen molar-refractivity contribution in [3.8, 4) is 0 Å². The molecule has 104 valence electrons. The first-order chi connectivity index (χ1) is 8.29. The molecule has 0 aliphatic heterocycles. The van der Waals surface area contributed by atoms with E-state index < -0.39 is 12.0 Å². The van der Waals surface area contributed by atoms with Crippen LogP contribution in [0, 0.1) is 17.3 Å². The van der Waals surface area contributed by atoms with E-state index in [0.29, 0.717) is 0 Å². The zero-order chi connectivity index (χ0) is 13.9. The molecule has 3 atom stereocenters. The quantitative estimate of drug-likeness (QED) is 0.793. The second kappa shape index (κ2) is 5.72. The largest absolute Gasteiger partial charge is 0.480 e. The van der Waals surface area contributed by atoms with Gasteiger partial charge in [-0.25, -0.2) is 4.79 Å². The van der Waals surface area contributed by atoms with Crippen molar-refractivity contribution in [3.63, 3.8) is 0 Å². The number of carboxylic acids is 1. The van der Waals surface area contributed by atoms with Gasteiger partial charge in [0.2, 0.25) is 5.91 Å². The summed E-state index contributed by atoms with van der Waals surface area (Å²) < 4.78 is 0. The minimum absolute atomic E-state index is 0.0113. The first-order valence-corrected chi connectivity index (χ1v) is 6.82. The molecule has 0 aromatic carbocycles. The third kappa shape index (κ3) is 3.24. The van der Waals surface area contributed by atoms with E-state index in [0.717, 1.165) is 25.7 Å². The Labute approximate surface area is 109 Å². The number of carbonyl (C=O) groups excluding carboxylic acids is 1. The van der Waals surface area contributed by atoms with E-state index in [-0.39, 0.29) is 23.2 Å². The maximum absolute atomic E-state index is 12.2. The van der Waals surface area contributed by atoms with Crippen LogP contribution in [0.1, 0.15) is 53.4 Å². The van der Waals surface area contributed by atoms with Gasteiger partial charge in [0.05, 0.1) is 0 Å². The minimum atomic E-state index is -0.937. The lowest BCUT2D eigenvalue weighted by molar-refractivity contribution is -0.144. The van der Waals surface area contributed by atoms with Gasteiger partial charge in [0.25, 0.3) is 0 Å². The average Bonchev–Trinajstić information content (AvgIpc) is 2.64. The van der Waals surface area contributed by atoms with Crippen molar-refractivity contribution in [1.29, 1.82) is 0 Å². The van der Waals surface area contributed by atoms with E-state index in [1.54, 1.807) is 0 Å². The lowest BCUT2D eigenvalue weighted by Crippen LogP contribution is -2.48. The van der Waals surface area contributed by atoms with Gasteiger partial charge in [-0.1, -0.05) is 40.5 Å². The van der Waals surface area contributed by atoms with Gasteiger partial charge in [0, 0.05) is 5.92 Å². The summed E-state index contributed by atoms with van der Waals surface area (Å²) in [5, 5.41) is 11.9. The average molecular weight is 255 g/mol. The summed E-state index contributed by atoms with van der Waals surface area (Å²) in [6.07, 6.45) is 3.69. The number of aliphatic carboxylic acids is 1. The van der Waals surface area contributed by atoms with E-state index in [1.165, 1.54) is 0 Å². The van der Waals surface area contributed by atoms with Crippen LogP contribution in [-0.2, 0) is 9.59 Å². The topological polar surface area (TPSA) is 66.4 Å². The number of hydrogen-bond donors (Lipinski definition) is 2. The van der Waals surface area contributed by atoms with Crippen LogP contribution < -0.4 is 5.32 Å². The van der Waals surface area contributed by atoms with Crippen LogP contribution in [0.25, 0.3) is 0 Å². The molecule has 0 bridgehead atoms. The Kier molecular flexibility index (Phi) is 4.77. The van der Waals surface area contributed by atoms with Gasteiger partial charge >= 0.3 is 5.97 Å². The molecule has 1 aliphatic carbocycles. The van der Waals surface area contributed by atoms with Crippen LogP contribution in [0.3, 0.4) is 0 Å². The molecule has 0 spiro atoms. The predicted octanol–water partition coefficient (Wildman–Crippen LogP) is 2.43. The van der Waals surface area contributed by atoms with Crippen molar-refractivity contribution in [1.82, 2.24) is 5.32 Å². The second-order valence-electron chi connectivity index (χ2n) is 6.14. The fourth-order valence-corrected chi connectivity index (χ4v) is 2.75. The van der Waals surface area contributed by atoms with Crippen LogP contribution in [0.2, 0.25) is 0 Å². The molecule has 0 heterocycles. The van der Waals surface area contributed by atoms with Crippen molar-refractivity contribution in [2.75, 3.05) is 0 Å². The molecule has 0 aromatic heterocycles. The SMILES string of the molecule is CCC(C)[C@H](NC(=O)C1CCCC1(C)C)C(=O)O. The second-order valence-corrected chi connectivity index (χ2v) is 6.14. The summed E-state index contributed by atoms with van der Waals surface area (Å²) in [5.41, 5.74) is -0.0113. The Balaban J connectivity index is 2.70. The van der Waals surface area contributed by atoms with Gasteiger partial charge in [-0.05, 0) is 24.2 Å². The highest BCUT2D eigenvalue weighted by Gasteiger charge is 2.40. The predicted molar refractivity (Wildman–Crippen MR) is 70.1 cm³/mol. The summed E-state index contributed by atoms with van der Waals surface area (Å²) in [6, 6.07) is -0.765. The molecule has 1 rings (SSSR count). The highest BCUT2D eigenvalue weighted by atomic mass is 16.4. The van der Waals surface area contributed by atoms with Crippen molar-refractivity contribution >= 4 is 11.9 Å². The Morgan fingerprint density at radius 3 is 2.44 bits per heavy atom. The molecular formula is C14H25NO3. The maximum Gasteiger partial charge on any atom is 0.326 e. The van der Waals surface area contributed by atoms with E-state index in [9.17, 15) is 14.7 Å². The fraction of sp³-hybridized carbons (Fsp3) is 0.857. The number of hydrogen-bond acceptors (Lipinski definition) is 2. The summed E-state index contributed by atoms with van der Waals surface area (Å²) in [6.45, 7) is 7.97. The molecule has 18 heavy (non-hydrogen) atoms. The molecule has 2 N–H and O–H groups in total. The zero-order valence-corrected chi connectivity index (χ0v) is 11.8.